The van der Waals surface area contributed by atoms with Crippen LogP contribution >= 0.6 is 0 Å². The van der Waals surface area contributed by atoms with Crippen LogP contribution in [-0.2, 0) is 17.9 Å². The van der Waals surface area contributed by atoms with E-state index < -0.39 is 6.10 Å². The van der Waals surface area contributed by atoms with Crippen LogP contribution in [0, 0.1) is 13.8 Å². The van der Waals surface area contributed by atoms with Crippen LogP contribution in [0.2, 0.25) is 0 Å². The first-order chi connectivity index (χ1) is 13.0. The van der Waals surface area contributed by atoms with Crippen LogP contribution in [0.5, 0.6) is 5.75 Å². The minimum Gasteiger partial charge on any atom is -0.481 e. The number of nitrogens with zero attached hydrogens (tertiary/aromatic N) is 1. The molecule has 4 nitrogen and oxygen atoms in total. The van der Waals surface area contributed by atoms with Gasteiger partial charge in [0, 0.05) is 13.1 Å². The smallest absolute Gasteiger partial charge is 0.261 e. The first-order valence-electron chi connectivity index (χ1n) is 9.84. The summed E-state index contributed by atoms with van der Waals surface area (Å²) in [4.78, 5) is 15.0. The number of carbonyl (C=O) groups excluding carboxylic acids is 1. The van der Waals surface area contributed by atoms with Crippen molar-refractivity contribution in [2.45, 2.75) is 52.8 Å². The fourth-order valence-corrected chi connectivity index (χ4v) is 3.49. The fraction of sp³-hybridized carbons (Fsp3) is 0.435. The van der Waals surface area contributed by atoms with E-state index in [2.05, 4.69) is 28.4 Å². The van der Waals surface area contributed by atoms with Crippen molar-refractivity contribution in [1.82, 2.24) is 10.2 Å². The molecule has 27 heavy (non-hydrogen) atoms. The molecular formula is C23H30N2O2. The Bertz CT molecular complexity index is 782. The molecular weight excluding hydrogens is 336 g/mol. The van der Waals surface area contributed by atoms with Gasteiger partial charge in [-0.05, 0) is 75.0 Å². The van der Waals surface area contributed by atoms with Crippen LogP contribution in [0.1, 0.15) is 42.0 Å². The zero-order chi connectivity index (χ0) is 19.2. The minimum absolute atomic E-state index is 0.0909. The van der Waals surface area contributed by atoms with Gasteiger partial charge in [-0.25, -0.2) is 0 Å². The van der Waals surface area contributed by atoms with Gasteiger partial charge < -0.3 is 10.1 Å². The van der Waals surface area contributed by atoms with Gasteiger partial charge in [0.15, 0.2) is 6.10 Å². The van der Waals surface area contributed by atoms with Gasteiger partial charge in [0.1, 0.15) is 5.75 Å². The standard InChI is InChI=1S/C23H30N2O2/c1-17-9-8-12-22(18(17)2)27-19(3)23(26)24-15-20-10-4-5-11-21(20)16-25-13-6-7-14-25/h4-5,8-12,19H,6-7,13-16H2,1-3H3,(H,24,26)/t19-/m0/s1. The number of hydrogen-bond donors (Lipinski definition) is 1. The second-order valence-electron chi connectivity index (χ2n) is 7.43. The monoisotopic (exact) mass is 366 g/mol. The van der Waals surface area contributed by atoms with E-state index in [-0.39, 0.29) is 5.91 Å². The predicted octanol–water partition coefficient (Wildman–Crippen LogP) is 3.98. The van der Waals surface area contributed by atoms with Crippen molar-refractivity contribution in [3.8, 4) is 5.75 Å². The van der Waals surface area contributed by atoms with Gasteiger partial charge in [-0.1, -0.05) is 36.4 Å². The lowest BCUT2D eigenvalue weighted by Crippen LogP contribution is -2.36. The minimum atomic E-state index is -0.531. The van der Waals surface area contributed by atoms with Crippen molar-refractivity contribution in [2.24, 2.45) is 0 Å². The molecule has 0 spiro atoms. The summed E-state index contributed by atoms with van der Waals surface area (Å²) in [5.74, 6) is 0.680. The maximum absolute atomic E-state index is 12.5. The van der Waals surface area contributed by atoms with E-state index in [9.17, 15) is 4.79 Å². The highest BCUT2D eigenvalue weighted by Crippen LogP contribution is 2.22. The molecule has 1 N–H and O–H groups in total. The number of carbonyl (C=O) groups is 1. The Balaban J connectivity index is 1.57. The van der Waals surface area contributed by atoms with Crippen LogP contribution in [-0.4, -0.2) is 30.0 Å². The topological polar surface area (TPSA) is 41.6 Å². The van der Waals surface area contributed by atoms with Gasteiger partial charge in [-0.2, -0.15) is 0 Å². The van der Waals surface area contributed by atoms with E-state index in [0.29, 0.717) is 6.54 Å². The summed E-state index contributed by atoms with van der Waals surface area (Å²) < 4.78 is 5.89. The molecule has 4 heteroatoms. The van der Waals surface area contributed by atoms with Crippen molar-refractivity contribution in [1.29, 1.82) is 0 Å². The Morgan fingerprint density at radius 1 is 1.07 bits per heavy atom. The van der Waals surface area contributed by atoms with Crippen LogP contribution in [0.25, 0.3) is 0 Å². The van der Waals surface area contributed by atoms with E-state index in [1.165, 1.54) is 37.1 Å². The van der Waals surface area contributed by atoms with Crippen molar-refractivity contribution in [3.05, 3.63) is 64.7 Å². The van der Waals surface area contributed by atoms with Crippen LogP contribution in [0.3, 0.4) is 0 Å². The number of benzene rings is 2. The highest BCUT2D eigenvalue weighted by atomic mass is 16.5. The molecule has 1 fully saturated rings. The van der Waals surface area contributed by atoms with Gasteiger partial charge in [-0.3, -0.25) is 9.69 Å². The molecule has 2 aromatic carbocycles. The molecule has 1 atom stereocenters. The Hall–Kier alpha value is -2.33. The third-order valence-electron chi connectivity index (χ3n) is 5.39. The van der Waals surface area contributed by atoms with Crippen molar-refractivity contribution in [3.63, 3.8) is 0 Å². The lowest BCUT2D eigenvalue weighted by molar-refractivity contribution is -0.127. The molecule has 2 aromatic rings. The molecule has 0 aliphatic carbocycles. The first kappa shape index (κ1) is 19.4. The number of nitrogens with one attached hydrogen (secondary N) is 1. The number of rotatable bonds is 7. The molecule has 0 saturated carbocycles. The van der Waals surface area contributed by atoms with E-state index in [0.717, 1.165) is 23.4 Å². The van der Waals surface area contributed by atoms with Crippen molar-refractivity contribution < 1.29 is 9.53 Å². The highest BCUT2D eigenvalue weighted by molar-refractivity contribution is 5.80. The fourth-order valence-electron chi connectivity index (χ4n) is 3.49. The summed E-state index contributed by atoms with van der Waals surface area (Å²) in [6.45, 7) is 9.69. The quantitative estimate of drug-likeness (QED) is 0.806. The number of aryl methyl sites for hydroxylation is 1. The molecule has 0 bridgehead atoms. The third kappa shape index (κ3) is 5.10. The number of ether oxygens (including phenoxy) is 1. The summed E-state index contributed by atoms with van der Waals surface area (Å²) in [6, 6.07) is 14.3. The van der Waals surface area contributed by atoms with Crippen LogP contribution < -0.4 is 10.1 Å². The zero-order valence-electron chi connectivity index (χ0n) is 16.6. The average Bonchev–Trinajstić information content (AvgIpc) is 3.17. The molecule has 3 rings (SSSR count). The number of hydrogen-bond acceptors (Lipinski definition) is 3. The largest absolute Gasteiger partial charge is 0.481 e. The van der Waals surface area contributed by atoms with Crippen LogP contribution in [0.15, 0.2) is 42.5 Å². The molecule has 144 valence electrons. The van der Waals surface area contributed by atoms with E-state index in [1.807, 2.05) is 38.1 Å². The summed E-state index contributed by atoms with van der Waals surface area (Å²) in [5.41, 5.74) is 4.71. The highest BCUT2D eigenvalue weighted by Gasteiger charge is 2.17. The summed E-state index contributed by atoms with van der Waals surface area (Å²) in [6.07, 6.45) is 2.04. The summed E-state index contributed by atoms with van der Waals surface area (Å²) >= 11 is 0. The second kappa shape index (κ2) is 9.05. The maximum atomic E-state index is 12.5. The van der Waals surface area contributed by atoms with E-state index >= 15 is 0 Å². The molecule has 0 unspecified atom stereocenters. The Morgan fingerprint density at radius 3 is 2.52 bits per heavy atom. The number of amides is 1. The Morgan fingerprint density at radius 2 is 1.78 bits per heavy atom. The lowest BCUT2D eigenvalue weighted by atomic mass is 10.1. The maximum Gasteiger partial charge on any atom is 0.261 e. The third-order valence-corrected chi connectivity index (χ3v) is 5.39. The molecule has 0 radical (unpaired) electrons. The van der Waals surface area contributed by atoms with E-state index in [4.69, 9.17) is 4.74 Å². The summed E-state index contributed by atoms with van der Waals surface area (Å²) in [7, 11) is 0. The number of likely N-dealkylation sites (tertiary alicyclic amines) is 1. The molecule has 1 aliphatic rings. The van der Waals surface area contributed by atoms with Gasteiger partial charge in [-0.15, -0.1) is 0 Å². The van der Waals surface area contributed by atoms with Gasteiger partial charge in [0.25, 0.3) is 5.91 Å². The van der Waals surface area contributed by atoms with Gasteiger partial charge in [0.05, 0.1) is 0 Å². The van der Waals surface area contributed by atoms with Crippen molar-refractivity contribution in [2.75, 3.05) is 13.1 Å². The Labute approximate surface area is 162 Å². The van der Waals surface area contributed by atoms with E-state index in [1.54, 1.807) is 6.92 Å². The van der Waals surface area contributed by atoms with Crippen LogP contribution in [0.4, 0.5) is 0 Å². The van der Waals surface area contributed by atoms with Crippen molar-refractivity contribution >= 4 is 5.91 Å². The van der Waals surface area contributed by atoms with Gasteiger partial charge >= 0.3 is 0 Å². The zero-order valence-corrected chi connectivity index (χ0v) is 16.6. The first-order valence-corrected chi connectivity index (χ1v) is 9.84. The summed E-state index contributed by atoms with van der Waals surface area (Å²) in [5, 5.41) is 3.04. The molecule has 1 saturated heterocycles. The second-order valence-corrected chi connectivity index (χ2v) is 7.43. The normalized spacial score (nSPS) is 15.5. The molecule has 1 aliphatic heterocycles. The molecule has 1 heterocycles. The SMILES string of the molecule is Cc1cccc(O[C@@H](C)C(=O)NCc2ccccc2CN2CCCC2)c1C. The molecule has 1 amide bonds. The molecule has 0 aromatic heterocycles. The Kier molecular flexibility index (Phi) is 6.51. The predicted molar refractivity (Wildman–Crippen MR) is 109 cm³/mol. The average molecular weight is 367 g/mol. The van der Waals surface area contributed by atoms with Gasteiger partial charge in [0.2, 0.25) is 0 Å². The lowest BCUT2D eigenvalue weighted by Gasteiger charge is -2.19.